The van der Waals surface area contributed by atoms with Gasteiger partial charge in [0.05, 0.1) is 9.92 Å². The maximum Gasteiger partial charge on any atom is 0.240 e. The number of rotatable bonds is 4. The van der Waals surface area contributed by atoms with Crippen molar-refractivity contribution in [3.05, 3.63) is 27.7 Å². The summed E-state index contributed by atoms with van der Waals surface area (Å²) in [6.45, 7) is 0.436. The van der Waals surface area contributed by atoms with Gasteiger partial charge in [-0.15, -0.1) is 11.6 Å². The van der Waals surface area contributed by atoms with E-state index in [-0.39, 0.29) is 10.3 Å². The zero-order valence-corrected chi connectivity index (χ0v) is 14.0. The smallest absolute Gasteiger partial charge is 0.211 e. The van der Waals surface area contributed by atoms with Gasteiger partial charge in [-0.2, -0.15) is 0 Å². The predicted molar refractivity (Wildman–Crippen MR) is 81.3 cm³/mol. The fourth-order valence-corrected chi connectivity index (χ4v) is 4.32. The average molecular weight is 387 g/mol. The molecule has 1 aliphatic rings. The van der Waals surface area contributed by atoms with Gasteiger partial charge in [0.25, 0.3) is 0 Å². The minimum absolute atomic E-state index is 0.180. The number of halogens is 3. The minimum Gasteiger partial charge on any atom is -0.211 e. The molecule has 0 spiro atoms. The zero-order valence-electron chi connectivity index (χ0n) is 10.1. The van der Waals surface area contributed by atoms with Gasteiger partial charge in [-0.1, -0.05) is 11.6 Å². The number of benzene rings is 1. The Bertz CT molecular complexity index is 565. The third kappa shape index (κ3) is 4.08. The van der Waals surface area contributed by atoms with Crippen LogP contribution in [0.2, 0.25) is 5.02 Å². The van der Waals surface area contributed by atoms with E-state index in [1.165, 1.54) is 12.1 Å². The molecule has 0 aliphatic heterocycles. The molecule has 0 amide bonds. The lowest BCUT2D eigenvalue weighted by Gasteiger charge is -2.12. The van der Waals surface area contributed by atoms with Crippen molar-refractivity contribution in [2.45, 2.75) is 29.5 Å². The number of alkyl halides is 1. The van der Waals surface area contributed by atoms with Crippen LogP contribution in [0, 0.1) is 5.92 Å². The van der Waals surface area contributed by atoms with Crippen molar-refractivity contribution in [2.75, 3.05) is 6.54 Å². The van der Waals surface area contributed by atoms with Crippen molar-refractivity contribution in [1.82, 2.24) is 4.72 Å². The molecule has 19 heavy (non-hydrogen) atoms. The second-order valence-electron chi connectivity index (χ2n) is 4.70. The average Bonchev–Trinajstić information content (AvgIpc) is 2.76. The Morgan fingerprint density at radius 2 is 2.11 bits per heavy atom. The van der Waals surface area contributed by atoms with E-state index in [0.717, 1.165) is 19.3 Å². The first-order valence-corrected chi connectivity index (χ1v) is 9.06. The molecule has 2 atom stereocenters. The third-order valence-corrected chi connectivity index (χ3v) is 6.27. The molecule has 1 aliphatic carbocycles. The van der Waals surface area contributed by atoms with Crippen LogP contribution in [0.25, 0.3) is 0 Å². The molecule has 1 aromatic rings. The van der Waals surface area contributed by atoms with E-state index in [1.54, 1.807) is 6.07 Å². The highest BCUT2D eigenvalue weighted by Gasteiger charge is 2.25. The van der Waals surface area contributed by atoms with Gasteiger partial charge in [-0.05, 0) is 59.3 Å². The fourth-order valence-electron chi connectivity index (χ4n) is 2.15. The Morgan fingerprint density at radius 1 is 1.37 bits per heavy atom. The monoisotopic (exact) mass is 385 g/mol. The molecule has 0 aromatic heterocycles. The van der Waals surface area contributed by atoms with E-state index < -0.39 is 10.0 Å². The molecule has 7 heteroatoms. The maximum atomic E-state index is 12.1. The molecule has 1 N–H and O–H groups in total. The zero-order chi connectivity index (χ0) is 14.0. The Labute approximate surface area is 131 Å². The standard InChI is InChI=1S/C12H14BrCl2NO2S/c13-11-6-10(3-4-12(11)15)19(17,18)16-7-8-1-2-9(14)5-8/h3-4,6,8-9,16H,1-2,5,7H2. The van der Waals surface area contributed by atoms with Gasteiger partial charge in [0.15, 0.2) is 0 Å². The first-order valence-electron chi connectivity index (χ1n) is 5.97. The Hall–Kier alpha value is 0.190. The van der Waals surface area contributed by atoms with E-state index >= 15 is 0 Å². The lowest BCUT2D eigenvalue weighted by Crippen LogP contribution is -2.28. The number of hydrogen-bond donors (Lipinski definition) is 1. The van der Waals surface area contributed by atoms with Gasteiger partial charge in [0.2, 0.25) is 10.0 Å². The van der Waals surface area contributed by atoms with Crippen LogP contribution in [0.1, 0.15) is 19.3 Å². The molecular formula is C12H14BrCl2NO2S. The molecule has 0 radical (unpaired) electrons. The van der Waals surface area contributed by atoms with Crippen LogP contribution in [0.5, 0.6) is 0 Å². The molecule has 0 bridgehead atoms. The van der Waals surface area contributed by atoms with Gasteiger partial charge >= 0.3 is 0 Å². The van der Waals surface area contributed by atoms with Crippen molar-refractivity contribution < 1.29 is 8.42 Å². The summed E-state index contributed by atoms with van der Waals surface area (Å²) in [5.74, 6) is 0.327. The van der Waals surface area contributed by atoms with E-state index in [9.17, 15) is 8.42 Å². The topological polar surface area (TPSA) is 46.2 Å². The highest BCUT2D eigenvalue weighted by Crippen LogP contribution is 2.29. The molecule has 1 saturated carbocycles. The quantitative estimate of drug-likeness (QED) is 0.800. The van der Waals surface area contributed by atoms with Crippen molar-refractivity contribution >= 4 is 49.2 Å². The van der Waals surface area contributed by atoms with E-state index in [1.807, 2.05) is 0 Å². The molecule has 3 nitrogen and oxygen atoms in total. The first-order chi connectivity index (χ1) is 8.88. The van der Waals surface area contributed by atoms with Crippen LogP contribution in [0.15, 0.2) is 27.6 Å². The second-order valence-corrected chi connectivity index (χ2v) is 8.35. The Kier molecular flexibility index (Phi) is 5.17. The molecule has 0 saturated heterocycles. The van der Waals surface area contributed by atoms with Gasteiger partial charge in [0, 0.05) is 16.4 Å². The van der Waals surface area contributed by atoms with Crippen LogP contribution in [0.4, 0.5) is 0 Å². The van der Waals surface area contributed by atoms with Crippen molar-refractivity contribution in [3.63, 3.8) is 0 Å². The highest BCUT2D eigenvalue weighted by atomic mass is 79.9. The van der Waals surface area contributed by atoms with E-state index in [0.29, 0.717) is 22.0 Å². The van der Waals surface area contributed by atoms with E-state index in [4.69, 9.17) is 23.2 Å². The van der Waals surface area contributed by atoms with Crippen LogP contribution in [-0.4, -0.2) is 20.3 Å². The predicted octanol–water partition coefficient (Wildman–Crippen LogP) is 3.79. The van der Waals surface area contributed by atoms with Gasteiger partial charge in [0.1, 0.15) is 0 Å². The minimum atomic E-state index is -3.49. The summed E-state index contributed by atoms with van der Waals surface area (Å²) in [7, 11) is -3.49. The second kappa shape index (κ2) is 6.31. The molecule has 2 unspecified atom stereocenters. The van der Waals surface area contributed by atoms with Gasteiger partial charge in [-0.25, -0.2) is 13.1 Å². The van der Waals surface area contributed by atoms with E-state index in [2.05, 4.69) is 20.7 Å². The van der Waals surface area contributed by atoms with Crippen LogP contribution in [0.3, 0.4) is 0 Å². The first kappa shape index (κ1) is 15.6. The maximum absolute atomic E-state index is 12.1. The molecule has 1 fully saturated rings. The number of sulfonamides is 1. The SMILES string of the molecule is O=S(=O)(NCC1CCC(Cl)C1)c1ccc(Cl)c(Br)c1. The Balaban J connectivity index is 2.03. The summed E-state index contributed by atoms with van der Waals surface area (Å²) < 4.78 is 27.5. The summed E-state index contributed by atoms with van der Waals surface area (Å²) in [5, 5.41) is 0.666. The summed E-state index contributed by atoms with van der Waals surface area (Å²) in [6.07, 6.45) is 2.80. The highest BCUT2D eigenvalue weighted by molar-refractivity contribution is 9.10. The van der Waals surface area contributed by atoms with Crippen molar-refractivity contribution in [2.24, 2.45) is 5.92 Å². The lowest BCUT2D eigenvalue weighted by molar-refractivity contribution is 0.520. The van der Waals surface area contributed by atoms with Gasteiger partial charge in [-0.3, -0.25) is 0 Å². The fraction of sp³-hybridized carbons (Fsp3) is 0.500. The lowest BCUT2D eigenvalue weighted by atomic mass is 10.1. The van der Waals surface area contributed by atoms with Crippen LogP contribution < -0.4 is 4.72 Å². The number of nitrogens with one attached hydrogen (secondary N) is 1. The summed E-state index contributed by atoms with van der Waals surface area (Å²) >= 11 is 15.1. The van der Waals surface area contributed by atoms with Crippen molar-refractivity contribution in [1.29, 1.82) is 0 Å². The van der Waals surface area contributed by atoms with Gasteiger partial charge < -0.3 is 0 Å². The number of hydrogen-bond acceptors (Lipinski definition) is 2. The molecule has 0 heterocycles. The summed E-state index contributed by atoms with van der Waals surface area (Å²) in [6, 6.07) is 4.56. The molecule has 2 rings (SSSR count). The molecular weight excluding hydrogens is 373 g/mol. The summed E-state index contributed by atoms with van der Waals surface area (Å²) in [5.41, 5.74) is 0. The van der Waals surface area contributed by atoms with Crippen molar-refractivity contribution in [3.8, 4) is 0 Å². The Morgan fingerprint density at radius 3 is 2.68 bits per heavy atom. The summed E-state index contributed by atoms with van der Waals surface area (Å²) in [4.78, 5) is 0.212. The van der Waals surface area contributed by atoms with Crippen LogP contribution >= 0.6 is 39.1 Å². The van der Waals surface area contributed by atoms with Crippen LogP contribution in [-0.2, 0) is 10.0 Å². The molecule has 106 valence electrons. The molecule has 1 aromatic carbocycles. The third-order valence-electron chi connectivity index (χ3n) is 3.24. The largest absolute Gasteiger partial charge is 0.240 e. The normalized spacial score (nSPS) is 23.7.